The Morgan fingerprint density at radius 3 is 1.17 bits per heavy atom. The van der Waals surface area contributed by atoms with Gasteiger partial charge in [0, 0.05) is 26.1 Å². The average molecular weight is 491 g/mol. The Labute approximate surface area is 207 Å². The van der Waals surface area contributed by atoms with Crippen molar-refractivity contribution in [1.29, 1.82) is 0 Å². The Morgan fingerprint density at radius 1 is 0.714 bits per heavy atom. The molecule has 35 heavy (non-hydrogen) atoms. The summed E-state index contributed by atoms with van der Waals surface area (Å²) in [6.45, 7) is 7.29. The lowest BCUT2D eigenvalue weighted by molar-refractivity contribution is -0.123. The molecular formula is C27H38O8. The van der Waals surface area contributed by atoms with Crippen molar-refractivity contribution in [1.82, 2.24) is 0 Å². The zero-order valence-electron chi connectivity index (χ0n) is 21.3. The lowest BCUT2D eigenvalue weighted by atomic mass is 9.91. The summed E-state index contributed by atoms with van der Waals surface area (Å²) in [5.41, 5.74) is 1.42. The molecule has 0 aliphatic heterocycles. The van der Waals surface area contributed by atoms with Gasteiger partial charge < -0.3 is 34.4 Å². The molecule has 8 nitrogen and oxygen atoms in total. The van der Waals surface area contributed by atoms with Crippen LogP contribution in [-0.4, -0.2) is 61.8 Å². The van der Waals surface area contributed by atoms with Gasteiger partial charge >= 0.3 is 0 Å². The summed E-state index contributed by atoms with van der Waals surface area (Å²) in [5.74, 6) is -0.147. The molecule has 8 heteroatoms. The lowest BCUT2D eigenvalue weighted by Gasteiger charge is -2.26. The van der Waals surface area contributed by atoms with E-state index >= 15 is 0 Å². The first-order valence-electron chi connectivity index (χ1n) is 11.1. The van der Waals surface area contributed by atoms with Gasteiger partial charge in [-0.05, 0) is 36.1 Å². The van der Waals surface area contributed by atoms with Gasteiger partial charge in [-0.3, -0.25) is 4.79 Å². The summed E-state index contributed by atoms with van der Waals surface area (Å²) in [7, 11) is 3.10. The first-order chi connectivity index (χ1) is 16.4. The minimum Gasteiger partial charge on any atom is -0.483 e. The second-order valence-electron chi connectivity index (χ2n) is 8.61. The maximum Gasteiger partial charge on any atom is 0.290 e. The number of aldehydes is 2. The molecule has 0 radical (unpaired) electrons. The predicted molar refractivity (Wildman–Crippen MR) is 133 cm³/mol. The van der Waals surface area contributed by atoms with Gasteiger partial charge in [-0.25, -0.2) is 0 Å². The highest BCUT2D eigenvalue weighted by Gasteiger charge is 2.26. The molecule has 2 rings (SSSR count). The van der Waals surface area contributed by atoms with Crippen LogP contribution in [0, 0.1) is 0 Å². The highest BCUT2D eigenvalue weighted by atomic mass is 16.5. The van der Waals surface area contributed by atoms with Crippen molar-refractivity contribution in [2.45, 2.75) is 50.7 Å². The van der Waals surface area contributed by atoms with E-state index in [-0.39, 0.29) is 31.5 Å². The van der Waals surface area contributed by atoms with Crippen LogP contribution in [0.2, 0.25) is 0 Å². The molecular weight excluding hydrogens is 452 g/mol. The smallest absolute Gasteiger partial charge is 0.290 e. The van der Waals surface area contributed by atoms with E-state index in [1.54, 1.807) is 52.3 Å². The SMILES string of the molecule is CC(C=O)c1ccc(C(C)C=O)cc1.COCC(C)(O)c1ccc(C(C)(O)COC)cc1.O=CO. The molecule has 0 fully saturated rings. The number of benzene rings is 2. The first-order valence-corrected chi connectivity index (χ1v) is 11.1. The third-order valence-electron chi connectivity index (χ3n) is 5.38. The normalized spacial score (nSPS) is 15.4. The molecule has 2 aromatic carbocycles. The molecule has 0 saturated heterocycles. The van der Waals surface area contributed by atoms with Crippen molar-refractivity contribution in [3.8, 4) is 0 Å². The van der Waals surface area contributed by atoms with E-state index in [4.69, 9.17) is 19.4 Å². The molecule has 0 aliphatic rings. The zero-order valence-corrected chi connectivity index (χ0v) is 21.3. The number of rotatable bonds is 10. The van der Waals surface area contributed by atoms with Gasteiger partial charge in [0.1, 0.15) is 23.8 Å². The Balaban J connectivity index is 0.000000608. The number of carbonyl (C=O) groups is 3. The summed E-state index contributed by atoms with van der Waals surface area (Å²) in [5, 5.41) is 27.2. The van der Waals surface area contributed by atoms with Crippen molar-refractivity contribution in [2.75, 3.05) is 27.4 Å². The van der Waals surface area contributed by atoms with E-state index in [0.717, 1.165) is 34.8 Å². The highest BCUT2D eigenvalue weighted by Crippen LogP contribution is 2.26. The molecule has 0 aliphatic carbocycles. The van der Waals surface area contributed by atoms with E-state index < -0.39 is 11.2 Å². The van der Waals surface area contributed by atoms with Gasteiger partial charge in [-0.2, -0.15) is 0 Å². The van der Waals surface area contributed by atoms with Gasteiger partial charge in [-0.15, -0.1) is 0 Å². The molecule has 0 heterocycles. The number of carboxylic acid groups (broad SMARTS) is 1. The number of aliphatic hydroxyl groups is 2. The van der Waals surface area contributed by atoms with Crippen LogP contribution < -0.4 is 0 Å². The molecule has 0 aromatic heterocycles. The second kappa shape index (κ2) is 15.9. The lowest BCUT2D eigenvalue weighted by Crippen LogP contribution is -2.29. The van der Waals surface area contributed by atoms with Crippen LogP contribution >= 0.6 is 0 Å². The molecule has 0 spiro atoms. The Morgan fingerprint density at radius 2 is 0.971 bits per heavy atom. The Kier molecular flexibility index (Phi) is 14.6. The van der Waals surface area contributed by atoms with Gasteiger partial charge in [0.05, 0.1) is 13.2 Å². The van der Waals surface area contributed by atoms with Crippen LogP contribution in [0.5, 0.6) is 0 Å². The molecule has 4 atom stereocenters. The van der Waals surface area contributed by atoms with Gasteiger partial charge in [0.2, 0.25) is 0 Å². The third-order valence-corrected chi connectivity index (χ3v) is 5.38. The van der Waals surface area contributed by atoms with E-state index in [1.807, 2.05) is 38.1 Å². The molecule has 0 saturated carbocycles. The number of carbonyl (C=O) groups excluding carboxylic acids is 2. The topological polar surface area (TPSA) is 130 Å². The summed E-state index contributed by atoms with van der Waals surface area (Å²) in [4.78, 5) is 29.4. The quantitative estimate of drug-likeness (QED) is 0.432. The second-order valence-corrected chi connectivity index (χ2v) is 8.61. The van der Waals surface area contributed by atoms with Crippen LogP contribution in [0.3, 0.4) is 0 Å². The molecule has 194 valence electrons. The monoisotopic (exact) mass is 490 g/mol. The maximum absolute atomic E-state index is 10.5. The van der Waals surface area contributed by atoms with Gasteiger partial charge in [0.25, 0.3) is 6.47 Å². The largest absolute Gasteiger partial charge is 0.483 e. The van der Waals surface area contributed by atoms with Crippen LogP contribution in [-0.2, 0) is 35.1 Å². The fraction of sp³-hybridized carbons (Fsp3) is 0.444. The minimum atomic E-state index is -1.03. The van der Waals surface area contributed by atoms with Crippen LogP contribution in [0.25, 0.3) is 0 Å². The van der Waals surface area contributed by atoms with Crippen molar-refractivity contribution in [2.24, 2.45) is 0 Å². The molecule has 0 amide bonds. The summed E-state index contributed by atoms with van der Waals surface area (Å²) < 4.78 is 9.96. The summed E-state index contributed by atoms with van der Waals surface area (Å²) in [6.07, 6.45) is 1.83. The number of methoxy groups -OCH3 is 2. The molecule has 3 N–H and O–H groups in total. The average Bonchev–Trinajstić information content (AvgIpc) is 2.84. The van der Waals surface area contributed by atoms with E-state index in [0.29, 0.717) is 0 Å². The predicted octanol–water partition coefficient (Wildman–Crippen LogP) is 3.39. The van der Waals surface area contributed by atoms with Crippen LogP contribution in [0.15, 0.2) is 48.5 Å². The number of ether oxygens (including phenoxy) is 2. The Hall–Kier alpha value is -2.91. The van der Waals surface area contributed by atoms with Crippen molar-refractivity contribution < 1.29 is 39.2 Å². The fourth-order valence-corrected chi connectivity index (χ4v) is 3.18. The number of hydrogen-bond acceptors (Lipinski definition) is 7. The number of hydrogen-bond donors (Lipinski definition) is 3. The van der Waals surface area contributed by atoms with Crippen LogP contribution in [0.4, 0.5) is 0 Å². The van der Waals surface area contributed by atoms with Crippen molar-refractivity contribution in [3.63, 3.8) is 0 Å². The van der Waals surface area contributed by atoms with Gasteiger partial charge in [0.15, 0.2) is 0 Å². The molecule has 4 unspecified atom stereocenters. The molecule has 2 aromatic rings. The highest BCUT2D eigenvalue weighted by molar-refractivity contribution is 5.63. The van der Waals surface area contributed by atoms with E-state index in [2.05, 4.69) is 0 Å². The minimum absolute atomic E-state index is 0.0735. The Bertz CT molecular complexity index is 803. The van der Waals surface area contributed by atoms with E-state index in [1.165, 1.54) is 0 Å². The summed E-state index contributed by atoms with van der Waals surface area (Å²) in [6, 6.07) is 14.7. The third kappa shape index (κ3) is 10.9. The maximum atomic E-state index is 10.5. The standard InChI is InChI=1S/C14H22O4.C12H14O2.CH2O2/c1-13(15,9-17-3)11-5-7-12(8-6-11)14(2,16)10-18-4;1-9(7-13)11-3-5-12(6-4-11)10(2)8-14;2-1-3/h5-8,15-16H,9-10H2,1-4H3;3-10H,1-2H3;1H,(H,2,3). The summed E-state index contributed by atoms with van der Waals surface area (Å²) >= 11 is 0. The molecule has 0 bridgehead atoms. The van der Waals surface area contributed by atoms with E-state index in [9.17, 15) is 19.8 Å². The van der Waals surface area contributed by atoms with Crippen LogP contribution in [0.1, 0.15) is 61.8 Å². The van der Waals surface area contributed by atoms with Crippen molar-refractivity contribution >= 4 is 19.0 Å². The van der Waals surface area contributed by atoms with Crippen molar-refractivity contribution in [3.05, 3.63) is 70.8 Å². The first kappa shape index (κ1) is 32.1. The zero-order chi connectivity index (χ0) is 27.1. The fourth-order valence-electron chi connectivity index (χ4n) is 3.18. The van der Waals surface area contributed by atoms with Gasteiger partial charge in [-0.1, -0.05) is 62.4 Å².